The third kappa shape index (κ3) is 1.70. The van der Waals surface area contributed by atoms with Crippen LogP contribution in [0.2, 0.25) is 0 Å². The summed E-state index contributed by atoms with van der Waals surface area (Å²) in [6.07, 6.45) is 5.38. The van der Waals surface area contributed by atoms with E-state index >= 15 is 0 Å². The van der Waals surface area contributed by atoms with Crippen LogP contribution in [0.5, 0.6) is 0 Å². The molecule has 0 heterocycles. The van der Waals surface area contributed by atoms with Crippen molar-refractivity contribution in [2.45, 2.75) is 50.7 Å². The van der Waals surface area contributed by atoms with Gasteiger partial charge in [-0.15, -0.1) is 0 Å². The van der Waals surface area contributed by atoms with Crippen LogP contribution in [0.3, 0.4) is 0 Å². The zero-order valence-corrected chi connectivity index (χ0v) is 6.64. The highest BCUT2D eigenvalue weighted by Gasteiger charge is 2.29. The molecule has 0 amide bonds. The van der Waals surface area contributed by atoms with Gasteiger partial charge in [0.25, 0.3) is 0 Å². The largest absolute Gasteiger partial charge is 0.389 e. The summed E-state index contributed by atoms with van der Waals surface area (Å²) in [7, 11) is 0. The van der Waals surface area contributed by atoms with Gasteiger partial charge in [-0.2, -0.15) is 0 Å². The highest BCUT2D eigenvalue weighted by Crippen LogP contribution is 2.25. The molecule has 2 heteroatoms. The second-order valence-corrected chi connectivity index (χ2v) is 3.56. The molecule has 0 bridgehead atoms. The number of rotatable bonds is 0. The fourth-order valence-electron chi connectivity index (χ4n) is 1.52. The predicted molar refractivity (Wildman–Crippen MR) is 41.7 cm³/mol. The van der Waals surface area contributed by atoms with Crippen LogP contribution >= 0.6 is 0 Å². The third-order valence-corrected chi connectivity index (χ3v) is 2.50. The van der Waals surface area contributed by atoms with E-state index in [1.807, 2.05) is 6.92 Å². The van der Waals surface area contributed by atoms with Gasteiger partial charge in [-0.3, -0.25) is 0 Å². The zero-order chi connectivity index (χ0) is 7.61. The maximum Gasteiger partial charge on any atom is 0.0769 e. The van der Waals surface area contributed by atoms with E-state index in [0.717, 1.165) is 19.3 Å². The maximum atomic E-state index is 9.70. The van der Waals surface area contributed by atoms with Gasteiger partial charge in [-0.1, -0.05) is 19.3 Å². The van der Waals surface area contributed by atoms with Gasteiger partial charge in [-0.25, -0.2) is 0 Å². The lowest BCUT2D eigenvalue weighted by Gasteiger charge is -2.27. The summed E-state index contributed by atoms with van der Waals surface area (Å²) in [5, 5.41) is 9.70. The molecular formula is C8H17NO. The van der Waals surface area contributed by atoms with Gasteiger partial charge in [0.2, 0.25) is 0 Å². The quantitative estimate of drug-likeness (QED) is 0.497. The molecule has 1 saturated carbocycles. The van der Waals surface area contributed by atoms with Crippen molar-refractivity contribution in [3.63, 3.8) is 0 Å². The van der Waals surface area contributed by atoms with Crippen molar-refractivity contribution in [1.29, 1.82) is 0 Å². The highest BCUT2D eigenvalue weighted by atomic mass is 16.3. The van der Waals surface area contributed by atoms with Crippen LogP contribution in [-0.2, 0) is 0 Å². The van der Waals surface area contributed by atoms with Crippen LogP contribution in [0.15, 0.2) is 0 Å². The van der Waals surface area contributed by atoms with Gasteiger partial charge in [0.1, 0.15) is 0 Å². The lowest BCUT2D eigenvalue weighted by Crippen LogP contribution is -2.44. The summed E-state index contributed by atoms with van der Waals surface area (Å²) in [5.74, 6) is 0. The number of aliphatic hydroxyl groups is 1. The molecule has 2 nitrogen and oxygen atoms in total. The van der Waals surface area contributed by atoms with Crippen molar-refractivity contribution in [1.82, 2.24) is 0 Å². The minimum absolute atomic E-state index is 0.00463. The monoisotopic (exact) mass is 143 g/mol. The molecule has 10 heavy (non-hydrogen) atoms. The molecule has 2 unspecified atom stereocenters. The average molecular weight is 143 g/mol. The second kappa shape index (κ2) is 2.89. The van der Waals surface area contributed by atoms with Gasteiger partial charge < -0.3 is 10.8 Å². The van der Waals surface area contributed by atoms with Crippen molar-refractivity contribution in [2.75, 3.05) is 0 Å². The van der Waals surface area contributed by atoms with Crippen LogP contribution in [-0.4, -0.2) is 16.7 Å². The Balaban J connectivity index is 2.52. The van der Waals surface area contributed by atoms with E-state index in [9.17, 15) is 5.11 Å². The van der Waals surface area contributed by atoms with Crippen LogP contribution < -0.4 is 5.73 Å². The van der Waals surface area contributed by atoms with Crippen molar-refractivity contribution < 1.29 is 5.11 Å². The minimum Gasteiger partial charge on any atom is -0.389 e. The van der Waals surface area contributed by atoms with Crippen LogP contribution in [0.25, 0.3) is 0 Å². The first kappa shape index (κ1) is 8.02. The Morgan fingerprint density at radius 2 is 2.10 bits per heavy atom. The molecule has 3 N–H and O–H groups in total. The van der Waals surface area contributed by atoms with E-state index in [1.54, 1.807) is 0 Å². The molecule has 0 aromatic heterocycles. The lowest BCUT2D eigenvalue weighted by atomic mass is 9.92. The standard InChI is InChI=1S/C8H17NO/c1-8(10)6-4-2-3-5-7(8)9/h7,10H,2-6,9H2,1H3. The molecule has 0 spiro atoms. The minimum atomic E-state index is -0.601. The average Bonchev–Trinajstić information content (AvgIpc) is 1.96. The molecule has 0 aromatic carbocycles. The first-order valence-electron chi connectivity index (χ1n) is 4.11. The Bertz CT molecular complexity index is 112. The van der Waals surface area contributed by atoms with Crippen LogP contribution in [0.1, 0.15) is 39.0 Å². The normalized spacial score (nSPS) is 42.9. The summed E-state index contributed by atoms with van der Waals surface area (Å²) < 4.78 is 0. The highest BCUT2D eigenvalue weighted by molar-refractivity contribution is 4.86. The van der Waals surface area contributed by atoms with Crippen LogP contribution in [0.4, 0.5) is 0 Å². The molecule has 1 fully saturated rings. The summed E-state index contributed by atoms with van der Waals surface area (Å²) in [5.41, 5.74) is 5.16. The summed E-state index contributed by atoms with van der Waals surface area (Å²) in [6.45, 7) is 1.85. The molecule has 2 atom stereocenters. The zero-order valence-electron chi connectivity index (χ0n) is 6.64. The number of hydrogen-bond acceptors (Lipinski definition) is 2. The van der Waals surface area contributed by atoms with E-state index in [1.165, 1.54) is 12.8 Å². The lowest BCUT2D eigenvalue weighted by molar-refractivity contribution is 0.0264. The second-order valence-electron chi connectivity index (χ2n) is 3.56. The molecule has 0 saturated heterocycles. The van der Waals surface area contributed by atoms with E-state index in [0.29, 0.717) is 0 Å². The molecule has 1 rings (SSSR count). The molecule has 1 aliphatic carbocycles. The Morgan fingerprint density at radius 3 is 2.80 bits per heavy atom. The number of hydrogen-bond donors (Lipinski definition) is 2. The predicted octanol–water partition coefficient (Wildman–Crippen LogP) is 1.03. The Kier molecular flexibility index (Phi) is 2.32. The van der Waals surface area contributed by atoms with Crippen molar-refractivity contribution in [2.24, 2.45) is 5.73 Å². The summed E-state index contributed by atoms with van der Waals surface area (Å²) in [4.78, 5) is 0. The van der Waals surface area contributed by atoms with E-state index in [4.69, 9.17) is 5.73 Å². The smallest absolute Gasteiger partial charge is 0.0769 e. The Hall–Kier alpha value is -0.0800. The topological polar surface area (TPSA) is 46.2 Å². The van der Waals surface area contributed by atoms with E-state index < -0.39 is 5.60 Å². The van der Waals surface area contributed by atoms with Gasteiger partial charge in [-0.05, 0) is 19.8 Å². The van der Waals surface area contributed by atoms with Gasteiger partial charge >= 0.3 is 0 Å². The van der Waals surface area contributed by atoms with Crippen LogP contribution in [0, 0.1) is 0 Å². The van der Waals surface area contributed by atoms with E-state index in [-0.39, 0.29) is 6.04 Å². The van der Waals surface area contributed by atoms with E-state index in [2.05, 4.69) is 0 Å². The molecule has 0 aromatic rings. The SMILES string of the molecule is CC1(O)CCCCCC1N. The Morgan fingerprint density at radius 1 is 1.40 bits per heavy atom. The number of nitrogens with two attached hydrogens (primary N) is 1. The van der Waals surface area contributed by atoms with Gasteiger partial charge in [0.05, 0.1) is 5.60 Å². The summed E-state index contributed by atoms with van der Waals surface area (Å²) in [6, 6.07) is -0.00463. The van der Waals surface area contributed by atoms with Crippen molar-refractivity contribution in [3.8, 4) is 0 Å². The van der Waals surface area contributed by atoms with Gasteiger partial charge in [0, 0.05) is 6.04 Å². The molecule has 60 valence electrons. The first-order valence-corrected chi connectivity index (χ1v) is 4.11. The Labute approximate surface area is 62.4 Å². The van der Waals surface area contributed by atoms with Crippen molar-refractivity contribution in [3.05, 3.63) is 0 Å². The molecule has 0 radical (unpaired) electrons. The van der Waals surface area contributed by atoms with Gasteiger partial charge in [0.15, 0.2) is 0 Å². The summed E-state index contributed by atoms with van der Waals surface area (Å²) >= 11 is 0. The fraction of sp³-hybridized carbons (Fsp3) is 1.00. The molecular weight excluding hydrogens is 126 g/mol. The third-order valence-electron chi connectivity index (χ3n) is 2.50. The van der Waals surface area contributed by atoms with Crippen molar-refractivity contribution >= 4 is 0 Å². The molecule has 0 aliphatic heterocycles. The molecule has 1 aliphatic rings. The maximum absolute atomic E-state index is 9.70. The fourth-order valence-corrected chi connectivity index (χ4v) is 1.52. The first-order chi connectivity index (χ1) is 4.63.